The van der Waals surface area contributed by atoms with Gasteiger partial charge in [-0.15, -0.1) is 0 Å². The quantitative estimate of drug-likeness (QED) is 0.780. The average molecular weight is 207 g/mol. The first-order valence-corrected chi connectivity index (χ1v) is 4.96. The molecule has 1 fully saturated rings. The molecule has 1 amide bonds. The molecule has 5 nitrogen and oxygen atoms in total. The molecular formula is C10H13N3O2. The lowest BCUT2D eigenvalue weighted by Crippen LogP contribution is -2.28. The number of ether oxygens (including phenoxy) is 1. The van der Waals surface area contributed by atoms with E-state index in [-0.39, 0.29) is 17.9 Å². The summed E-state index contributed by atoms with van der Waals surface area (Å²) in [5, 5.41) is 2.72. The van der Waals surface area contributed by atoms with Crippen LogP contribution >= 0.6 is 0 Å². The maximum absolute atomic E-state index is 11.8. The topological polar surface area (TPSA) is 64.1 Å². The monoisotopic (exact) mass is 207 g/mol. The summed E-state index contributed by atoms with van der Waals surface area (Å²) in [4.78, 5) is 19.6. The Bertz CT molecular complexity index is 342. The number of carbonyl (C=O) groups excluding carboxylic acids is 1. The van der Waals surface area contributed by atoms with Crippen molar-refractivity contribution in [1.29, 1.82) is 0 Å². The molecule has 0 spiro atoms. The fourth-order valence-corrected chi connectivity index (χ4v) is 1.66. The molecule has 0 unspecified atom stereocenters. The summed E-state index contributed by atoms with van der Waals surface area (Å²) in [6.45, 7) is 2.56. The number of nitrogens with one attached hydrogen (secondary N) is 1. The van der Waals surface area contributed by atoms with Crippen molar-refractivity contribution in [3.05, 3.63) is 18.6 Å². The van der Waals surface area contributed by atoms with Crippen LogP contribution in [0, 0.1) is 5.92 Å². The zero-order chi connectivity index (χ0) is 10.7. The third kappa shape index (κ3) is 2.30. The van der Waals surface area contributed by atoms with Crippen LogP contribution < -0.4 is 5.32 Å². The minimum absolute atomic E-state index is 0.0123. The van der Waals surface area contributed by atoms with E-state index in [2.05, 4.69) is 15.3 Å². The fraction of sp³-hybridized carbons (Fsp3) is 0.500. The second-order valence-electron chi connectivity index (χ2n) is 3.55. The summed E-state index contributed by atoms with van der Waals surface area (Å²) in [7, 11) is 0. The minimum Gasteiger partial charge on any atom is -0.378 e. The van der Waals surface area contributed by atoms with Gasteiger partial charge in [0.25, 0.3) is 0 Å². The van der Waals surface area contributed by atoms with Gasteiger partial charge in [-0.3, -0.25) is 9.78 Å². The molecule has 5 heteroatoms. The van der Waals surface area contributed by atoms with E-state index >= 15 is 0 Å². The number of carbonyl (C=O) groups is 1. The number of aromatic nitrogens is 2. The SMILES string of the molecule is C[C@H]1OCC[C@@H]1C(=O)Nc1cnccn1. The molecule has 15 heavy (non-hydrogen) atoms. The van der Waals surface area contributed by atoms with E-state index in [1.807, 2.05) is 6.92 Å². The van der Waals surface area contributed by atoms with Crippen molar-refractivity contribution in [2.45, 2.75) is 19.4 Å². The molecule has 1 aromatic heterocycles. The van der Waals surface area contributed by atoms with Crippen LogP contribution in [0.15, 0.2) is 18.6 Å². The molecule has 1 aromatic rings. The maximum atomic E-state index is 11.8. The van der Waals surface area contributed by atoms with Crippen LogP contribution in [-0.2, 0) is 9.53 Å². The first kappa shape index (κ1) is 10.0. The van der Waals surface area contributed by atoms with Gasteiger partial charge in [0, 0.05) is 19.0 Å². The first-order valence-electron chi connectivity index (χ1n) is 4.96. The third-order valence-corrected chi connectivity index (χ3v) is 2.53. The van der Waals surface area contributed by atoms with Crippen molar-refractivity contribution >= 4 is 11.7 Å². The van der Waals surface area contributed by atoms with Crippen molar-refractivity contribution in [3.63, 3.8) is 0 Å². The Labute approximate surface area is 87.9 Å². The summed E-state index contributed by atoms with van der Waals surface area (Å²) in [5.74, 6) is 0.370. The van der Waals surface area contributed by atoms with Gasteiger partial charge in [0.1, 0.15) is 0 Å². The Hall–Kier alpha value is -1.49. The molecule has 2 heterocycles. The normalized spacial score (nSPS) is 25.1. The molecule has 1 N–H and O–H groups in total. The van der Waals surface area contributed by atoms with Gasteiger partial charge in [-0.25, -0.2) is 4.98 Å². The van der Waals surface area contributed by atoms with Crippen molar-refractivity contribution in [2.24, 2.45) is 5.92 Å². The summed E-state index contributed by atoms with van der Waals surface area (Å²) in [5.41, 5.74) is 0. The Morgan fingerprint density at radius 2 is 2.47 bits per heavy atom. The number of amides is 1. The summed E-state index contributed by atoms with van der Waals surface area (Å²) in [6, 6.07) is 0. The number of hydrogen-bond donors (Lipinski definition) is 1. The van der Waals surface area contributed by atoms with Crippen molar-refractivity contribution in [1.82, 2.24) is 9.97 Å². The summed E-state index contributed by atoms with van der Waals surface area (Å²) in [6.07, 6.45) is 5.40. The molecule has 0 radical (unpaired) electrons. The van der Waals surface area contributed by atoms with Crippen molar-refractivity contribution in [3.8, 4) is 0 Å². The molecule has 0 aromatic carbocycles. The second kappa shape index (κ2) is 4.35. The first-order chi connectivity index (χ1) is 7.27. The molecule has 80 valence electrons. The highest BCUT2D eigenvalue weighted by molar-refractivity contribution is 5.92. The molecule has 2 atom stereocenters. The molecule has 0 aliphatic carbocycles. The summed E-state index contributed by atoms with van der Waals surface area (Å²) < 4.78 is 5.33. The second-order valence-corrected chi connectivity index (χ2v) is 3.55. The molecule has 0 bridgehead atoms. The number of hydrogen-bond acceptors (Lipinski definition) is 4. The van der Waals surface area contributed by atoms with E-state index < -0.39 is 0 Å². The average Bonchev–Trinajstić information content (AvgIpc) is 2.66. The zero-order valence-electron chi connectivity index (χ0n) is 8.51. The van der Waals surface area contributed by atoms with Crippen molar-refractivity contribution in [2.75, 3.05) is 11.9 Å². The van der Waals surface area contributed by atoms with Gasteiger partial charge in [-0.1, -0.05) is 0 Å². The van der Waals surface area contributed by atoms with Gasteiger partial charge < -0.3 is 10.1 Å². The predicted molar refractivity (Wildman–Crippen MR) is 54.2 cm³/mol. The van der Waals surface area contributed by atoms with E-state index in [9.17, 15) is 4.79 Å². The van der Waals surface area contributed by atoms with Crippen LogP contribution in [0.25, 0.3) is 0 Å². The highest BCUT2D eigenvalue weighted by Crippen LogP contribution is 2.21. The number of nitrogens with zero attached hydrogens (tertiary/aromatic N) is 2. The lowest BCUT2D eigenvalue weighted by molar-refractivity contribution is -0.121. The highest BCUT2D eigenvalue weighted by atomic mass is 16.5. The fourth-order valence-electron chi connectivity index (χ4n) is 1.66. The van der Waals surface area contributed by atoms with Crippen LogP contribution in [-0.4, -0.2) is 28.6 Å². The standard InChI is InChI=1S/C10H13N3O2/c1-7-8(2-5-15-7)10(14)13-9-6-11-3-4-12-9/h3-4,6-8H,2,5H2,1H3,(H,12,13,14)/t7-,8+/m1/s1. The van der Waals surface area contributed by atoms with Gasteiger partial charge in [0.2, 0.25) is 5.91 Å². The number of rotatable bonds is 2. The zero-order valence-corrected chi connectivity index (χ0v) is 8.51. The van der Waals surface area contributed by atoms with E-state index in [0.29, 0.717) is 12.4 Å². The molecule has 1 aliphatic rings. The molecule has 0 saturated carbocycles. The molecule has 2 rings (SSSR count). The number of anilines is 1. The smallest absolute Gasteiger partial charge is 0.231 e. The van der Waals surface area contributed by atoms with Gasteiger partial charge in [0.15, 0.2) is 5.82 Å². The molecular weight excluding hydrogens is 194 g/mol. The summed E-state index contributed by atoms with van der Waals surface area (Å²) >= 11 is 0. The van der Waals surface area contributed by atoms with Gasteiger partial charge in [-0.2, -0.15) is 0 Å². The Balaban J connectivity index is 1.98. The largest absolute Gasteiger partial charge is 0.378 e. The Kier molecular flexibility index (Phi) is 2.91. The van der Waals surface area contributed by atoms with E-state index in [1.54, 1.807) is 12.4 Å². The van der Waals surface area contributed by atoms with Gasteiger partial charge >= 0.3 is 0 Å². The van der Waals surface area contributed by atoms with Crippen LogP contribution in [0.1, 0.15) is 13.3 Å². The highest BCUT2D eigenvalue weighted by Gasteiger charge is 2.30. The van der Waals surface area contributed by atoms with E-state index in [4.69, 9.17) is 4.74 Å². The third-order valence-electron chi connectivity index (χ3n) is 2.53. The molecule has 1 aliphatic heterocycles. The molecule has 1 saturated heterocycles. The Morgan fingerprint density at radius 3 is 3.07 bits per heavy atom. The Morgan fingerprint density at radius 1 is 1.60 bits per heavy atom. The lowest BCUT2D eigenvalue weighted by atomic mass is 10.0. The van der Waals surface area contributed by atoms with Crippen LogP contribution in [0.2, 0.25) is 0 Å². The van der Waals surface area contributed by atoms with Crippen LogP contribution in [0.3, 0.4) is 0 Å². The van der Waals surface area contributed by atoms with Gasteiger partial charge in [0.05, 0.1) is 18.2 Å². The van der Waals surface area contributed by atoms with E-state index in [0.717, 1.165) is 6.42 Å². The van der Waals surface area contributed by atoms with Crippen LogP contribution in [0.4, 0.5) is 5.82 Å². The van der Waals surface area contributed by atoms with Crippen LogP contribution in [0.5, 0.6) is 0 Å². The minimum atomic E-state index is -0.0768. The van der Waals surface area contributed by atoms with Crippen molar-refractivity contribution < 1.29 is 9.53 Å². The lowest BCUT2D eigenvalue weighted by Gasteiger charge is -2.12. The van der Waals surface area contributed by atoms with E-state index in [1.165, 1.54) is 6.20 Å². The maximum Gasteiger partial charge on any atom is 0.231 e. The van der Waals surface area contributed by atoms with Gasteiger partial charge in [-0.05, 0) is 13.3 Å². The predicted octanol–water partition coefficient (Wildman–Crippen LogP) is 0.840.